The molecule has 2 rings (SSSR count). The van der Waals surface area contributed by atoms with E-state index in [2.05, 4.69) is 5.32 Å². The van der Waals surface area contributed by atoms with Crippen molar-refractivity contribution in [2.24, 2.45) is 0 Å². The van der Waals surface area contributed by atoms with Gasteiger partial charge in [-0.1, -0.05) is 50.1 Å². The van der Waals surface area contributed by atoms with Gasteiger partial charge in [-0.15, -0.1) is 0 Å². The summed E-state index contributed by atoms with van der Waals surface area (Å²) in [5.41, 5.74) is -0.669. The molecule has 0 unspecified atom stereocenters. The second kappa shape index (κ2) is 7.69. The Morgan fingerprint density at radius 2 is 1.96 bits per heavy atom. The first-order valence-corrected chi connectivity index (χ1v) is 8.68. The molecule has 1 aliphatic carbocycles. The van der Waals surface area contributed by atoms with E-state index in [-0.39, 0.29) is 0 Å². The summed E-state index contributed by atoms with van der Waals surface area (Å²) in [6, 6.07) is 9.92. The summed E-state index contributed by atoms with van der Waals surface area (Å²) in [5, 5.41) is 12.0. The van der Waals surface area contributed by atoms with Crippen molar-refractivity contribution in [3.05, 3.63) is 35.9 Å². The molecule has 1 atom stereocenters. The molecule has 0 heterocycles. The molecule has 1 aromatic carbocycles. The number of alkyl carbamates (subject to hydrolysis) is 1. The monoisotopic (exact) mass is 333 g/mol. The zero-order valence-electron chi connectivity index (χ0n) is 14.5. The lowest BCUT2D eigenvalue weighted by Crippen LogP contribution is -2.55. The van der Waals surface area contributed by atoms with E-state index in [1.165, 1.54) is 6.92 Å². The largest absolute Gasteiger partial charge is 0.480 e. The molecule has 1 fully saturated rings. The average molecular weight is 333 g/mol. The Bertz CT molecular complexity index is 568. The topological polar surface area (TPSA) is 75.6 Å². The van der Waals surface area contributed by atoms with E-state index in [4.69, 9.17) is 4.74 Å². The first kappa shape index (κ1) is 18.3. The zero-order chi connectivity index (χ0) is 17.6. The van der Waals surface area contributed by atoms with Gasteiger partial charge in [0.15, 0.2) is 0 Å². The summed E-state index contributed by atoms with van der Waals surface area (Å²) in [6.07, 6.45) is 4.68. The number of nitrogens with one attached hydrogen (secondary N) is 1. The summed E-state index contributed by atoms with van der Waals surface area (Å²) < 4.78 is 5.69. The quantitative estimate of drug-likeness (QED) is 0.756. The van der Waals surface area contributed by atoms with Crippen LogP contribution in [0.15, 0.2) is 30.3 Å². The number of ether oxygens (including phenoxy) is 1. The van der Waals surface area contributed by atoms with E-state index < -0.39 is 23.2 Å². The van der Waals surface area contributed by atoms with E-state index in [1.807, 2.05) is 37.3 Å². The van der Waals surface area contributed by atoms with Gasteiger partial charge in [0.05, 0.1) is 0 Å². The van der Waals surface area contributed by atoms with Gasteiger partial charge in [0.1, 0.15) is 11.1 Å². The number of carbonyl (C=O) groups excluding carboxylic acids is 1. The highest BCUT2D eigenvalue weighted by Gasteiger charge is 2.43. The second-order valence-corrected chi connectivity index (χ2v) is 6.95. The van der Waals surface area contributed by atoms with Crippen LogP contribution in [0.5, 0.6) is 0 Å². The van der Waals surface area contributed by atoms with Crippen LogP contribution in [-0.4, -0.2) is 28.3 Å². The molecule has 0 saturated heterocycles. The highest BCUT2D eigenvalue weighted by molar-refractivity contribution is 5.84. The smallest absolute Gasteiger partial charge is 0.408 e. The molecular weight excluding hydrogens is 306 g/mol. The molecule has 0 aromatic heterocycles. The first-order chi connectivity index (χ1) is 11.4. The number of benzene rings is 1. The van der Waals surface area contributed by atoms with Gasteiger partial charge in [0, 0.05) is 6.42 Å². The molecule has 5 nitrogen and oxygen atoms in total. The summed E-state index contributed by atoms with van der Waals surface area (Å²) in [5.74, 6) is -1.03. The Balaban J connectivity index is 1.99. The number of aliphatic carboxylic acids is 1. The minimum atomic E-state index is -1.29. The summed E-state index contributed by atoms with van der Waals surface area (Å²) in [6.45, 7) is 3.53. The van der Waals surface area contributed by atoms with Gasteiger partial charge in [-0.25, -0.2) is 9.59 Å². The SMILES string of the molecule is CCCC[C@](C)(NC(=O)OC1(Cc2ccccc2)CCC1)C(=O)O. The molecule has 24 heavy (non-hydrogen) atoms. The molecule has 5 heteroatoms. The van der Waals surface area contributed by atoms with E-state index in [1.54, 1.807) is 0 Å². The minimum absolute atomic E-state index is 0.389. The van der Waals surface area contributed by atoms with E-state index >= 15 is 0 Å². The molecule has 0 spiro atoms. The second-order valence-electron chi connectivity index (χ2n) is 6.95. The maximum atomic E-state index is 12.3. The highest BCUT2D eigenvalue weighted by Crippen LogP contribution is 2.38. The predicted molar refractivity (Wildman–Crippen MR) is 91.9 cm³/mol. The molecule has 0 aliphatic heterocycles. The number of hydrogen-bond acceptors (Lipinski definition) is 3. The summed E-state index contributed by atoms with van der Waals surface area (Å²) >= 11 is 0. The lowest BCUT2D eigenvalue weighted by Gasteiger charge is -2.42. The Morgan fingerprint density at radius 1 is 1.29 bits per heavy atom. The van der Waals surface area contributed by atoms with Crippen molar-refractivity contribution in [3.63, 3.8) is 0 Å². The highest BCUT2D eigenvalue weighted by atomic mass is 16.6. The van der Waals surface area contributed by atoms with Crippen LogP contribution in [0.1, 0.15) is 57.9 Å². The van der Waals surface area contributed by atoms with Gasteiger partial charge in [0.25, 0.3) is 0 Å². The van der Waals surface area contributed by atoms with Crippen LogP contribution in [0.3, 0.4) is 0 Å². The molecule has 1 aromatic rings. The lowest BCUT2D eigenvalue weighted by atomic mass is 9.76. The van der Waals surface area contributed by atoms with Crippen molar-refractivity contribution in [1.29, 1.82) is 0 Å². The van der Waals surface area contributed by atoms with Crippen molar-refractivity contribution < 1.29 is 19.4 Å². The Labute approximate surface area is 143 Å². The fraction of sp³-hybridized carbons (Fsp3) is 0.579. The van der Waals surface area contributed by atoms with Crippen LogP contribution in [0, 0.1) is 0 Å². The maximum Gasteiger partial charge on any atom is 0.408 e. The molecule has 1 aliphatic rings. The van der Waals surface area contributed by atoms with Gasteiger partial charge < -0.3 is 15.2 Å². The maximum absolute atomic E-state index is 12.3. The standard InChI is InChI=1S/C19H27NO4/c1-3-4-11-18(2,16(21)22)20-17(23)24-19(12-8-13-19)14-15-9-6-5-7-10-15/h5-7,9-10H,3-4,8,11-14H2,1-2H3,(H,20,23)(H,21,22)/t18-/m0/s1. The zero-order valence-corrected chi connectivity index (χ0v) is 14.5. The summed E-state index contributed by atoms with van der Waals surface area (Å²) in [7, 11) is 0. The molecule has 2 N–H and O–H groups in total. The molecule has 1 saturated carbocycles. The van der Waals surface area contributed by atoms with Crippen molar-refractivity contribution in [3.8, 4) is 0 Å². The molecule has 0 bridgehead atoms. The molecule has 0 radical (unpaired) electrons. The van der Waals surface area contributed by atoms with E-state index in [9.17, 15) is 14.7 Å². The Kier molecular flexibility index (Phi) is 5.86. The van der Waals surface area contributed by atoms with Crippen LogP contribution < -0.4 is 5.32 Å². The van der Waals surface area contributed by atoms with Crippen LogP contribution in [-0.2, 0) is 16.0 Å². The average Bonchev–Trinajstić information content (AvgIpc) is 2.51. The fourth-order valence-electron chi connectivity index (χ4n) is 3.05. The molecule has 1 amide bonds. The third kappa shape index (κ3) is 4.49. The third-order valence-electron chi connectivity index (χ3n) is 4.82. The number of carbonyl (C=O) groups is 2. The van der Waals surface area contributed by atoms with E-state index in [0.717, 1.165) is 37.7 Å². The number of carboxylic acid groups (broad SMARTS) is 1. The van der Waals surface area contributed by atoms with Gasteiger partial charge in [0.2, 0.25) is 0 Å². The number of carboxylic acids is 1. The van der Waals surface area contributed by atoms with Crippen molar-refractivity contribution in [2.45, 2.75) is 69.9 Å². The van der Waals surface area contributed by atoms with Gasteiger partial charge in [-0.2, -0.15) is 0 Å². The van der Waals surface area contributed by atoms with Gasteiger partial charge >= 0.3 is 12.1 Å². The van der Waals surface area contributed by atoms with Crippen molar-refractivity contribution in [1.82, 2.24) is 5.32 Å². The van der Waals surface area contributed by atoms with Crippen LogP contribution in [0.25, 0.3) is 0 Å². The molecular formula is C19H27NO4. The van der Waals surface area contributed by atoms with Gasteiger partial charge in [-0.3, -0.25) is 0 Å². The van der Waals surface area contributed by atoms with Gasteiger partial charge in [-0.05, 0) is 38.2 Å². The van der Waals surface area contributed by atoms with E-state index in [0.29, 0.717) is 12.8 Å². The normalized spacial score (nSPS) is 18.1. The Hall–Kier alpha value is -2.04. The number of hydrogen-bond donors (Lipinski definition) is 2. The van der Waals surface area contributed by atoms with Crippen LogP contribution >= 0.6 is 0 Å². The predicted octanol–water partition coefficient (Wildman–Crippen LogP) is 3.91. The fourth-order valence-corrected chi connectivity index (χ4v) is 3.05. The molecule has 132 valence electrons. The van der Waals surface area contributed by atoms with Crippen LogP contribution in [0.2, 0.25) is 0 Å². The number of amides is 1. The summed E-state index contributed by atoms with van der Waals surface area (Å²) in [4.78, 5) is 23.9. The van der Waals surface area contributed by atoms with Crippen molar-refractivity contribution >= 4 is 12.1 Å². The first-order valence-electron chi connectivity index (χ1n) is 8.68. The number of rotatable bonds is 8. The van der Waals surface area contributed by atoms with Crippen molar-refractivity contribution in [2.75, 3.05) is 0 Å². The Morgan fingerprint density at radius 3 is 2.46 bits per heavy atom. The minimum Gasteiger partial charge on any atom is -0.480 e. The third-order valence-corrected chi connectivity index (χ3v) is 4.82. The van der Waals surface area contributed by atoms with Crippen LogP contribution in [0.4, 0.5) is 4.79 Å². The lowest BCUT2D eigenvalue weighted by molar-refractivity contribution is -0.144. The number of unbranched alkanes of at least 4 members (excludes halogenated alkanes) is 1.